The van der Waals surface area contributed by atoms with Gasteiger partial charge in [-0.2, -0.15) is 0 Å². The molecule has 0 saturated carbocycles. The number of nitrogens with zero attached hydrogens (tertiary/aromatic N) is 6. The second-order valence-corrected chi connectivity index (χ2v) is 20.7. The van der Waals surface area contributed by atoms with E-state index in [0.29, 0.717) is 51.2 Å². The number of hydrogen-bond donors (Lipinski definition) is 2. The van der Waals surface area contributed by atoms with Crippen LogP contribution in [0.15, 0.2) is 72.8 Å². The van der Waals surface area contributed by atoms with E-state index in [-0.39, 0.29) is 47.5 Å². The Morgan fingerprint density at radius 2 is 0.768 bits per heavy atom. The summed E-state index contributed by atoms with van der Waals surface area (Å²) < 4.78 is 16.4. The highest BCUT2D eigenvalue weighted by Gasteiger charge is 2.53. The van der Waals surface area contributed by atoms with E-state index in [1.54, 1.807) is 39.0 Å². The number of carbonyl (C=O) groups is 3. The molecule has 14 heteroatoms. The zero-order valence-electron chi connectivity index (χ0n) is 41.4. The van der Waals surface area contributed by atoms with Crippen molar-refractivity contribution in [1.82, 2.24) is 39.9 Å². The molecule has 0 spiro atoms. The van der Waals surface area contributed by atoms with Crippen LogP contribution in [0.3, 0.4) is 0 Å². The molecule has 0 unspecified atom stereocenters. The summed E-state index contributed by atoms with van der Waals surface area (Å²) in [4.78, 5) is 80.3. The second-order valence-electron chi connectivity index (χ2n) is 20.7. The predicted octanol–water partition coefficient (Wildman–Crippen LogP) is 11.1. The summed E-state index contributed by atoms with van der Waals surface area (Å²) in [5.74, 6) is -1.13. The highest BCUT2D eigenvalue weighted by Crippen LogP contribution is 2.43. The first-order chi connectivity index (χ1) is 32.6. The predicted molar refractivity (Wildman–Crippen MR) is 268 cm³/mol. The van der Waals surface area contributed by atoms with Gasteiger partial charge in [0.25, 0.3) is 0 Å². The average molecular weight is 927 g/mol. The van der Waals surface area contributed by atoms with E-state index < -0.39 is 29.7 Å². The van der Waals surface area contributed by atoms with Crippen LogP contribution in [0.2, 0.25) is 0 Å². The van der Waals surface area contributed by atoms with E-state index in [0.717, 1.165) is 49.4 Å². The number of carbonyl (C=O) groups excluding carboxylic acids is 3. The van der Waals surface area contributed by atoms with Crippen LogP contribution < -0.4 is 0 Å². The number of esters is 3. The largest absolute Gasteiger partial charge is 0.466 e. The first kappa shape index (κ1) is 46.7. The number of H-pyrrole nitrogens is 2. The zero-order chi connectivity index (χ0) is 49.4. The molecule has 2 aliphatic rings. The van der Waals surface area contributed by atoms with Gasteiger partial charge in [0.1, 0.15) is 22.6 Å². The number of aromatic nitrogens is 8. The minimum Gasteiger partial charge on any atom is -0.466 e. The maximum Gasteiger partial charge on any atom is 0.328 e. The third-order valence-corrected chi connectivity index (χ3v) is 12.9. The highest BCUT2D eigenvalue weighted by atomic mass is 16.6. The molecule has 9 rings (SSSR count). The van der Waals surface area contributed by atoms with Crippen molar-refractivity contribution in [2.24, 2.45) is 0 Å². The molecule has 0 amide bonds. The zero-order valence-corrected chi connectivity index (χ0v) is 41.4. The summed E-state index contributed by atoms with van der Waals surface area (Å²) in [5.41, 5.74) is 5.42. The van der Waals surface area contributed by atoms with E-state index >= 15 is 0 Å². The molecular weight excluding hydrogens is 869 g/mol. The van der Waals surface area contributed by atoms with Gasteiger partial charge >= 0.3 is 17.9 Å². The van der Waals surface area contributed by atoms with Crippen LogP contribution in [0.5, 0.6) is 0 Å². The topological polar surface area (TPSA) is 188 Å². The van der Waals surface area contributed by atoms with Gasteiger partial charge in [0.2, 0.25) is 0 Å². The number of hydrogen-bond acceptors (Lipinski definition) is 12. The van der Waals surface area contributed by atoms with Crippen LogP contribution in [0.4, 0.5) is 0 Å². The van der Waals surface area contributed by atoms with Crippen molar-refractivity contribution >= 4 is 62.0 Å². The van der Waals surface area contributed by atoms with Crippen LogP contribution in [0.1, 0.15) is 112 Å². The molecule has 7 aromatic rings. The van der Waals surface area contributed by atoms with Crippen LogP contribution in [-0.4, -0.2) is 77.6 Å². The number of fused-ring (bicyclic) bond motifs is 20. The number of ether oxygens (including phenoxy) is 3. The van der Waals surface area contributed by atoms with Crippen molar-refractivity contribution in [1.29, 1.82) is 0 Å². The number of aromatic amines is 2. The molecule has 354 valence electrons. The standard InChI is InChI=1S/C55H58N8O6/c1-13-67-41(64)28-55(50(65)68-14-2,51(66)69-15-3)32-19-23-36-40(27-32)49-62-45(36)60-47-38-25-30(53(7,8)9)17-21-34(38)43(58-47)56-42-33-20-16-29(52(4,5)6)24-37(33)46(57-42)59-44-35-22-18-31(54(10,11)12)26-39(35)48(61-44)63-49/h16-27H,13-15,28H2,1-12H3,(H2,56,57,58,59,60,61,62,63). The summed E-state index contributed by atoms with van der Waals surface area (Å²) in [7, 11) is 0. The number of benzene rings is 4. The van der Waals surface area contributed by atoms with Gasteiger partial charge in [-0.25, -0.2) is 29.9 Å². The lowest BCUT2D eigenvalue weighted by molar-refractivity contribution is -0.169. The number of nitrogens with one attached hydrogen (secondary N) is 2. The lowest BCUT2D eigenvalue weighted by Crippen LogP contribution is -2.48. The summed E-state index contributed by atoms with van der Waals surface area (Å²) >= 11 is 0. The molecule has 8 bridgehead atoms. The summed E-state index contributed by atoms with van der Waals surface area (Å²) in [6.07, 6.45) is -0.663. The quantitative estimate of drug-likeness (QED) is 0.0835. The Morgan fingerprint density at radius 1 is 0.420 bits per heavy atom. The molecule has 69 heavy (non-hydrogen) atoms. The molecule has 3 aromatic heterocycles. The molecule has 0 aliphatic carbocycles. The van der Waals surface area contributed by atoms with Gasteiger partial charge in [-0.3, -0.25) is 14.4 Å². The third-order valence-electron chi connectivity index (χ3n) is 12.9. The van der Waals surface area contributed by atoms with Crippen molar-refractivity contribution in [3.05, 3.63) is 95.1 Å². The molecule has 0 saturated heterocycles. The second kappa shape index (κ2) is 17.0. The number of rotatable bonds is 8. The molecule has 0 fully saturated rings. The first-order valence-corrected chi connectivity index (χ1v) is 23.6. The third kappa shape index (κ3) is 8.29. The Hall–Kier alpha value is -7.35. The van der Waals surface area contributed by atoms with E-state index in [4.69, 9.17) is 44.1 Å². The molecular formula is C55H58N8O6. The van der Waals surface area contributed by atoms with Crippen LogP contribution >= 0.6 is 0 Å². The fourth-order valence-electron chi connectivity index (χ4n) is 8.96. The smallest absolute Gasteiger partial charge is 0.328 e. The Balaban J connectivity index is 1.44. The average Bonchev–Trinajstić information content (AvgIpc) is 4.02. The van der Waals surface area contributed by atoms with Gasteiger partial charge in [-0.1, -0.05) is 111 Å². The summed E-state index contributed by atoms with van der Waals surface area (Å²) in [5, 5.41) is 3.25. The molecule has 0 atom stereocenters. The minimum atomic E-state index is -2.23. The summed E-state index contributed by atoms with van der Waals surface area (Å²) in [6, 6.07) is 23.9. The van der Waals surface area contributed by atoms with Gasteiger partial charge in [0, 0.05) is 43.8 Å². The first-order valence-electron chi connectivity index (χ1n) is 23.6. The fraction of sp³-hybridized carbons (Fsp3) is 0.364. The van der Waals surface area contributed by atoms with Crippen molar-refractivity contribution in [2.75, 3.05) is 19.8 Å². The van der Waals surface area contributed by atoms with Gasteiger partial charge in [-0.05, 0) is 83.5 Å². The molecule has 2 aliphatic heterocycles. The Labute approximate surface area is 400 Å². The maximum atomic E-state index is 14.2. The fourth-order valence-corrected chi connectivity index (χ4v) is 8.96. The molecule has 2 N–H and O–H groups in total. The maximum absolute atomic E-state index is 14.2. The molecule has 0 radical (unpaired) electrons. The minimum absolute atomic E-state index is 0.0341. The lowest BCUT2D eigenvalue weighted by Gasteiger charge is -2.29. The van der Waals surface area contributed by atoms with Crippen molar-refractivity contribution in [2.45, 2.75) is 111 Å². The van der Waals surface area contributed by atoms with E-state index in [1.165, 1.54) is 0 Å². The van der Waals surface area contributed by atoms with Crippen molar-refractivity contribution in [3.8, 4) is 45.6 Å². The van der Waals surface area contributed by atoms with Crippen molar-refractivity contribution < 1.29 is 28.6 Å². The summed E-state index contributed by atoms with van der Waals surface area (Å²) in [6.45, 7) is 24.3. The van der Waals surface area contributed by atoms with E-state index in [1.807, 2.05) is 6.07 Å². The van der Waals surface area contributed by atoms with E-state index in [2.05, 4.69) is 121 Å². The van der Waals surface area contributed by atoms with E-state index in [9.17, 15) is 14.4 Å². The SMILES string of the molecule is CCOC(=O)CC(C(=O)OCC)(C(=O)OCC)c1ccc2c(c1)-c1nc-2nc2[nH]c(nc3nc(nc4[nH]c(n1)c1cc(C(C)(C)C)ccc41)-c1cc(C(C)(C)C)ccc1-3)c1ccc(C(C)(C)C)cc21. The van der Waals surface area contributed by atoms with Crippen LogP contribution in [0.25, 0.3) is 89.7 Å². The monoisotopic (exact) mass is 926 g/mol. The normalized spacial score (nSPS) is 12.8. The molecule has 14 nitrogen and oxygen atoms in total. The van der Waals surface area contributed by atoms with Crippen LogP contribution in [0, 0.1) is 0 Å². The van der Waals surface area contributed by atoms with Gasteiger partial charge < -0.3 is 24.2 Å². The Bertz CT molecular complexity index is 3420. The van der Waals surface area contributed by atoms with Gasteiger partial charge in [0.15, 0.2) is 28.7 Å². The van der Waals surface area contributed by atoms with Crippen molar-refractivity contribution in [3.63, 3.8) is 0 Å². The van der Waals surface area contributed by atoms with Gasteiger partial charge in [0.05, 0.1) is 26.2 Å². The van der Waals surface area contributed by atoms with Crippen LogP contribution in [-0.2, 0) is 50.3 Å². The lowest BCUT2D eigenvalue weighted by atomic mass is 9.76. The Kier molecular flexibility index (Phi) is 11.5. The highest BCUT2D eigenvalue weighted by molar-refractivity contribution is 6.10. The molecule has 5 heterocycles. The molecule has 4 aromatic carbocycles. The Morgan fingerprint density at radius 3 is 1.17 bits per heavy atom. The van der Waals surface area contributed by atoms with Gasteiger partial charge in [-0.15, -0.1) is 0 Å².